The van der Waals surface area contributed by atoms with E-state index in [1.54, 1.807) is 0 Å². The van der Waals surface area contributed by atoms with Crippen LogP contribution in [0, 0.1) is 11.6 Å². The monoisotopic (exact) mass is 429 g/mol. The summed E-state index contributed by atoms with van der Waals surface area (Å²) in [6, 6.07) is 7.97. The Morgan fingerprint density at radius 1 is 1.16 bits per heavy atom. The summed E-state index contributed by atoms with van der Waals surface area (Å²) < 4.78 is 32.4. The zero-order valence-corrected chi connectivity index (χ0v) is 14.9. The average Bonchev–Trinajstić information content (AvgIpc) is 2.56. The van der Waals surface area contributed by atoms with Gasteiger partial charge in [-0.05, 0) is 42.5 Å². The maximum Gasteiger partial charge on any atom is 0.331 e. The van der Waals surface area contributed by atoms with Crippen LogP contribution in [0.25, 0.3) is 6.08 Å². The molecule has 0 radical (unpaired) electrons. The molecule has 0 aliphatic heterocycles. The van der Waals surface area contributed by atoms with Crippen LogP contribution in [-0.2, 0) is 14.3 Å². The van der Waals surface area contributed by atoms with Gasteiger partial charge in [0.2, 0.25) is 0 Å². The molecule has 130 valence electrons. The number of hydrogen-bond acceptors (Lipinski definition) is 3. The number of anilines is 1. The molecular formula is C17H11BrClF2NO3. The molecule has 25 heavy (non-hydrogen) atoms. The summed E-state index contributed by atoms with van der Waals surface area (Å²) in [6.07, 6.45) is 2.21. The highest BCUT2D eigenvalue weighted by Gasteiger charge is 2.09. The number of nitrogens with one attached hydrogen (secondary N) is 1. The average molecular weight is 431 g/mol. The summed E-state index contributed by atoms with van der Waals surface area (Å²) in [5, 5.41) is 2.43. The van der Waals surface area contributed by atoms with Gasteiger partial charge in [-0.1, -0.05) is 27.5 Å². The molecule has 0 spiro atoms. The SMILES string of the molecule is O=C(COC(=O)/C=C/c1cc(Br)ccc1F)Nc1ccc(Cl)cc1F. The minimum Gasteiger partial charge on any atom is -0.452 e. The molecule has 2 aromatic carbocycles. The largest absolute Gasteiger partial charge is 0.452 e. The molecule has 2 aromatic rings. The van der Waals surface area contributed by atoms with Gasteiger partial charge in [-0.3, -0.25) is 4.79 Å². The maximum atomic E-state index is 13.5. The zero-order valence-electron chi connectivity index (χ0n) is 12.6. The molecule has 0 atom stereocenters. The topological polar surface area (TPSA) is 55.4 Å². The lowest BCUT2D eigenvalue weighted by Gasteiger charge is -2.06. The van der Waals surface area contributed by atoms with Crippen molar-refractivity contribution in [3.05, 3.63) is 69.2 Å². The molecule has 0 unspecified atom stereocenters. The predicted octanol–water partition coefficient (Wildman–Crippen LogP) is 4.58. The third-order valence-electron chi connectivity index (χ3n) is 2.91. The molecule has 8 heteroatoms. The van der Waals surface area contributed by atoms with Crippen LogP contribution in [0.15, 0.2) is 46.9 Å². The van der Waals surface area contributed by atoms with Crippen molar-refractivity contribution in [2.24, 2.45) is 0 Å². The number of halogens is 4. The van der Waals surface area contributed by atoms with Crippen LogP contribution in [0.2, 0.25) is 5.02 Å². The van der Waals surface area contributed by atoms with E-state index >= 15 is 0 Å². The second-order valence-corrected chi connectivity index (χ2v) is 6.13. The third kappa shape index (κ3) is 5.95. The van der Waals surface area contributed by atoms with Crippen LogP contribution in [-0.4, -0.2) is 18.5 Å². The van der Waals surface area contributed by atoms with Crippen LogP contribution < -0.4 is 5.32 Å². The number of ether oxygens (including phenoxy) is 1. The molecule has 0 bridgehead atoms. The molecule has 0 saturated heterocycles. The van der Waals surface area contributed by atoms with Crippen molar-refractivity contribution in [2.45, 2.75) is 0 Å². The Hall–Kier alpha value is -2.25. The van der Waals surface area contributed by atoms with Crippen molar-refractivity contribution in [3.63, 3.8) is 0 Å². The quantitative estimate of drug-likeness (QED) is 0.558. The van der Waals surface area contributed by atoms with E-state index in [1.165, 1.54) is 36.4 Å². The van der Waals surface area contributed by atoms with Crippen molar-refractivity contribution in [1.82, 2.24) is 0 Å². The van der Waals surface area contributed by atoms with Gasteiger partial charge in [0.05, 0.1) is 5.69 Å². The van der Waals surface area contributed by atoms with E-state index < -0.39 is 30.1 Å². The van der Waals surface area contributed by atoms with E-state index in [9.17, 15) is 18.4 Å². The normalized spacial score (nSPS) is 10.7. The van der Waals surface area contributed by atoms with Gasteiger partial charge in [0, 0.05) is 21.1 Å². The molecule has 0 aliphatic carbocycles. The minimum absolute atomic E-state index is 0.0859. The number of hydrogen-bond donors (Lipinski definition) is 1. The van der Waals surface area contributed by atoms with Crippen LogP contribution in [0.1, 0.15) is 5.56 Å². The summed E-state index contributed by atoms with van der Waals surface area (Å²) in [7, 11) is 0. The highest BCUT2D eigenvalue weighted by atomic mass is 79.9. The molecule has 4 nitrogen and oxygen atoms in total. The lowest BCUT2D eigenvalue weighted by atomic mass is 10.2. The van der Waals surface area contributed by atoms with Crippen molar-refractivity contribution in [3.8, 4) is 0 Å². The summed E-state index contributed by atoms with van der Waals surface area (Å²) >= 11 is 8.79. The highest BCUT2D eigenvalue weighted by molar-refractivity contribution is 9.10. The van der Waals surface area contributed by atoms with Gasteiger partial charge in [0.25, 0.3) is 5.91 Å². The van der Waals surface area contributed by atoms with Gasteiger partial charge in [-0.25, -0.2) is 13.6 Å². The van der Waals surface area contributed by atoms with Gasteiger partial charge in [-0.2, -0.15) is 0 Å². The number of amides is 1. The minimum atomic E-state index is -0.842. The second kappa shape index (κ2) is 8.73. The van der Waals surface area contributed by atoms with Crippen LogP contribution in [0.3, 0.4) is 0 Å². The Balaban J connectivity index is 1.87. The van der Waals surface area contributed by atoms with E-state index in [-0.39, 0.29) is 16.3 Å². The number of rotatable bonds is 5. The van der Waals surface area contributed by atoms with Gasteiger partial charge in [-0.15, -0.1) is 0 Å². The number of carbonyl (C=O) groups excluding carboxylic acids is 2. The maximum absolute atomic E-state index is 13.5. The first-order chi connectivity index (χ1) is 11.8. The lowest BCUT2D eigenvalue weighted by Crippen LogP contribution is -2.20. The lowest BCUT2D eigenvalue weighted by molar-refractivity contribution is -0.142. The van der Waals surface area contributed by atoms with Crippen molar-refractivity contribution < 1.29 is 23.1 Å². The van der Waals surface area contributed by atoms with E-state index in [0.717, 1.165) is 12.1 Å². The Labute approximate surface area is 155 Å². The molecular weight excluding hydrogens is 420 g/mol. The standard InChI is InChI=1S/C17H11BrClF2NO3/c18-11-2-4-13(20)10(7-11)1-6-17(24)25-9-16(23)22-15-5-3-12(19)8-14(15)21/h1-8H,9H2,(H,22,23)/b6-1+. The van der Waals surface area contributed by atoms with Gasteiger partial charge >= 0.3 is 5.97 Å². The Kier molecular flexibility index (Phi) is 6.66. The number of benzene rings is 2. The summed E-state index contributed by atoms with van der Waals surface area (Å²) in [6.45, 7) is -0.619. The van der Waals surface area contributed by atoms with Crippen molar-refractivity contribution >= 4 is 51.2 Å². The third-order valence-corrected chi connectivity index (χ3v) is 3.64. The number of esters is 1. The molecule has 0 aromatic heterocycles. The first-order valence-corrected chi connectivity index (χ1v) is 8.07. The molecule has 0 saturated carbocycles. The van der Waals surface area contributed by atoms with Crippen molar-refractivity contribution in [1.29, 1.82) is 0 Å². The van der Waals surface area contributed by atoms with E-state index in [4.69, 9.17) is 16.3 Å². The first-order valence-electron chi connectivity index (χ1n) is 6.90. The molecule has 0 aliphatic rings. The molecule has 2 rings (SSSR count). The summed E-state index contributed by atoms with van der Waals surface area (Å²) in [4.78, 5) is 23.2. The smallest absolute Gasteiger partial charge is 0.331 e. The fourth-order valence-electron chi connectivity index (χ4n) is 1.76. The van der Waals surface area contributed by atoms with Crippen LogP contribution >= 0.6 is 27.5 Å². The molecule has 0 heterocycles. The summed E-state index contributed by atoms with van der Waals surface area (Å²) in [5.74, 6) is -2.79. The van der Waals surface area contributed by atoms with Gasteiger partial charge in [0.1, 0.15) is 11.6 Å². The number of carbonyl (C=O) groups is 2. The van der Waals surface area contributed by atoms with Gasteiger partial charge in [0.15, 0.2) is 6.61 Å². The second-order valence-electron chi connectivity index (χ2n) is 4.78. The predicted molar refractivity (Wildman–Crippen MR) is 94.1 cm³/mol. The first kappa shape index (κ1) is 19.1. The molecule has 1 N–H and O–H groups in total. The fourth-order valence-corrected chi connectivity index (χ4v) is 2.30. The van der Waals surface area contributed by atoms with E-state index in [1.807, 2.05) is 0 Å². The molecule has 0 fully saturated rings. The zero-order chi connectivity index (χ0) is 18.4. The Bertz CT molecular complexity index is 843. The van der Waals surface area contributed by atoms with Crippen LogP contribution in [0.4, 0.5) is 14.5 Å². The summed E-state index contributed by atoms with van der Waals surface area (Å²) in [5.41, 5.74) is 0.0937. The molecule has 1 amide bonds. The van der Waals surface area contributed by atoms with E-state index in [2.05, 4.69) is 21.2 Å². The van der Waals surface area contributed by atoms with Crippen LogP contribution in [0.5, 0.6) is 0 Å². The van der Waals surface area contributed by atoms with E-state index in [0.29, 0.717) is 4.47 Å². The van der Waals surface area contributed by atoms with Crippen molar-refractivity contribution in [2.75, 3.05) is 11.9 Å². The van der Waals surface area contributed by atoms with Gasteiger partial charge < -0.3 is 10.1 Å². The Morgan fingerprint density at radius 2 is 1.92 bits per heavy atom. The fraction of sp³-hybridized carbons (Fsp3) is 0.0588. The highest BCUT2D eigenvalue weighted by Crippen LogP contribution is 2.19. The Morgan fingerprint density at radius 3 is 2.64 bits per heavy atom.